The number of fused-ring (bicyclic) bond motifs is 2. The SMILES string of the molecule is CCCCNC(=O)c1c(N)n(/N=C\c2ccc(OC)c(OC)c2)c2nc3ccccc3nc12. The van der Waals surface area contributed by atoms with Crippen molar-refractivity contribution in [3.63, 3.8) is 0 Å². The number of hydrogen-bond acceptors (Lipinski definition) is 7. The number of para-hydroxylation sites is 2. The number of ether oxygens (including phenoxy) is 2. The molecule has 33 heavy (non-hydrogen) atoms. The topological polar surface area (TPSA) is 117 Å². The number of nitrogens with one attached hydrogen (secondary N) is 1. The summed E-state index contributed by atoms with van der Waals surface area (Å²) < 4.78 is 12.1. The number of carbonyl (C=O) groups is 1. The Labute approximate surface area is 191 Å². The Bertz CT molecular complexity index is 1350. The number of hydrogen-bond donors (Lipinski definition) is 2. The molecule has 0 saturated carbocycles. The van der Waals surface area contributed by atoms with E-state index in [1.807, 2.05) is 30.3 Å². The summed E-state index contributed by atoms with van der Waals surface area (Å²) >= 11 is 0. The number of anilines is 1. The highest BCUT2D eigenvalue weighted by atomic mass is 16.5. The predicted molar refractivity (Wildman–Crippen MR) is 129 cm³/mol. The summed E-state index contributed by atoms with van der Waals surface area (Å²) in [5.41, 5.74) is 9.61. The zero-order valence-corrected chi connectivity index (χ0v) is 18.8. The maximum Gasteiger partial charge on any atom is 0.257 e. The number of carbonyl (C=O) groups excluding carboxylic acids is 1. The molecule has 9 heteroatoms. The van der Waals surface area contributed by atoms with E-state index in [1.165, 1.54) is 4.68 Å². The van der Waals surface area contributed by atoms with Crippen LogP contribution in [0.2, 0.25) is 0 Å². The summed E-state index contributed by atoms with van der Waals surface area (Å²) in [6.45, 7) is 2.62. The van der Waals surface area contributed by atoms with Gasteiger partial charge in [-0.25, -0.2) is 9.97 Å². The van der Waals surface area contributed by atoms with Crippen LogP contribution in [0.25, 0.3) is 22.2 Å². The van der Waals surface area contributed by atoms with Gasteiger partial charge in [-0.1, -0.05) is 25.5 Å². The fraction of sp³-hybridized carbons (Fsp3) is 0.250. The van der Waals surface area contributed by atoms with Gasteiger partial charge < -0.3 is 20.5 Å². The molecule has 0 fully saturated rings. The van der Waals surface area contributed by atoms with Crippen molar-refractivity contribution in [2.45, 2.75) is 19.8 Å². The van der Waals surface area contributed by atoms with Gasteiger partial charge in [-0.05, 0) is 42.3 Å². The molecule has 170 valence electrons. The van der Waals surface area contributed by atoms with Crippen LogP contribution in [0.4, 0.5) is 5.82 Å². The first-order valence-corrected chi connectivity index (χ1v) is 10.7. The molecule has 9 nitrogen and oxygen atoms in total. The zero-order valence-electron chi connectivity index (χ0n) is 18.8. The minimum absolute atomic E-state index is 0.172. The quantitative estimate of drug-likeness (QED) is 0.316. The molecular formula is C24H26N6O3. The lowest BCUT2D eigenvalue weighted by Crippen LogP contribution is -2.25. The third-order valence-electron chi connectivity index (χ3n) is 5.25. The summed E-state index contributed by atoms with van der Waals surface area (Å²) in [4.78, 5) is 22.3. The lowest BCUT2D eigenvalue weighted by atomic mass is 10.2. The Kier molecular flexibility index (Phi) is 6.39. The molecule has 4 aromatic rings. The average Bonchev–Trinajstić information content (AvgIpc) is 3.11. The van der Waals surface area contributed by atoms with Crippen LogP contribution in [0.1, 0.15) is 35.7 Å². The highest BCUT2D eigenvalue weighted by Crippen LogP contribution is 2.29. The number of rotatable bonds is 8. The van der Waals surface area contributed by atoms with E-state index in [0.29, 0.717) is 40.2 Å². The van der Waals surface area contributed by atoms with Crippen molar-refractivity contribution in [1.29, 1.82) is 0 Å². The highest BCUT2D eigenvalue weighted by Gasteiger charge is 2.23. The van der Waals surface area contributed by atoms with Gasteiger partial charge in [-0.15, -0.1) is 0 Å². The van der Waals surface area contributed by atoms with Gasteiger partial charge in [0.1, 0.15) is 16.9 Å². The summed E-state index contributed by atoms with van der Waals surface area (Å²) in [7, 11) is 3.15. The average molecular weight is 447 g/mol. The molecule has 0 aliphatic heterocycles. The van der Waals surface area contributed by atoms with Crippen molar-refractivity contribution in [3.05, 3.63) is 53.6 Å². The van der Waals surface area contributed by atoms with Gasteiger partial charge in [-0.2, -0.15) is 9.78 Å². The third-order valence-corrected chi connectivity index (χ3v) is 5.25. The molecule has 0 unspecified atom stereocenters. The van der Waals surface area contributed by atoms with Crippen molar-refractivity contribution >= 4 is 40.1 Å². The molecule has 4 rings (SSSR count). The predicted octanol–water partition coefficient (Wildman–Crippen LogP) is 3.60. The first-order valence-electron chi connectivity index (χ1n) is 10.7. The minimum Gasteiger partial charge on any atom is -0.493 e. The van der Waals surface area contributed by atoms with Crippen LogP contribution in [-0.2, 0) is 0 Å². The van der Waals surface area contributed by atoms with Crippen LogP contribution in [0.3, 0.4) is 0 Å². The molecule has 0 aliphatic carbocycles. The van der Waals surface area contributed by atoms with E-state index in [9.17, 15) is 4.79 Å². The first-order chi connectivity index (χ1) is 16.1. The third kappa shape index (κ3) is 4.30. The molecule has 0 aliphatic rings. The Morgan fingerprint density at radius 1 is 1.12 bits per heavy atom. The van der Waals surface area contributed by atoms with Crippen molar-refractivity contribution in [1.82, 2.24) is 20.0 Å². The zero-order chi connectivity index (χ0) is 23.4. The second-order valence-corrected chi connectivity index (χ2v) is 7.43. The summed E-state index contributed by atoms with van der Waals surface area (Å²) in [6.07, 6.45) is 3.46. The second kappa shape index (κ2) is 9.56. The molecular weight excluding hydrogens is 420 g/mol. The van der Waals surface area contributed by atoms with Gasteiger partial charge in [0.15, 0.2) is 17.1 Å². The van der Waals surface area contributed by atoms with Crippen LogP contribution in [0.5, 0.6) is 11.5 Å². The molecule has 0 spiro atoms. The Balaban J connectivity index is 1.83. The van der Waals surface area contributed by atoms with Crippen molar-refractivity contribution in [2.24, 2.45) is 5.10 Å². The number of unbranched alkanes of at least 4 members (excludes halogenated alkanes) is 1. The lowest BCUT2D eigenvalue weighted by molar-refractivity contribution is 0.0955. The summed E-state index contributed by atoms with van der Waals surface area (Å²) in [5.74, 6) is 1.07. The molecule has 1 amide bonds. The number of amides is 1. The van der Waals surface area contributed by atoms with E-state index >= 15 is 0 Å². The molecule has 0 saturated heterocycles. The normalized spacial score (nSPS) is 11.4. The van der Waals surface area contributed by atoms with E-state index in [4.69, 9.17) is 20.2 Å². The van der Waals surface area contributed by atoms with Gasteiger partial charge in [0, 0.05) is 6.54 Å². The van der Waals surface area contributed by atoms with Gasteiger partial charge in [0.25, 0.3) is 5.91 Å². The van der Waals surface area contributed by atoms with Gasteiger partial charge >= 0.3 is 0 Å². The number of benzene rings is 2. The van der Waals surface area contributed by atoms with Crippen molar-refractivity contribution < 1.29 is 14.3 Å². The van der Waals surface area contributed by atoms with E-state index in [1.54, 1.807) is 32.6 Å². The number of nitrogens with two attached hydrogens (primary N) is 1. The van der Waals surface area contributed by atoms with E-state index in [-0.39, 0.29) is 17.3 Å². The molecule has 2 aromatic carbocycles. The van der Waals surface area contributed by atoms with E-state index in [0.717, 1.165) is 18.4 Å². The molecule has 2 heterocycles. The van der Waals surface area contributed by atoms with E-state index < -0.39 is 0 Å². The van der Waals surface area contributed by atoms with E-state index in [2.05, 4.69) is 22.3 Å². The van der Waals surface area contributed by atoms with Crippen LogP contribution in [-0.4, -0.2) is 47.5 Å². The van der Waals surface area contributed by atoms with Crippen LogP contribution >= 0.6 is 0 Å². The Hall–Kier alpha value is -4.14. The molecule has 2 aromatic heterocycles. The Morgan fingerprint density at radius 2 is 1.85 bits per heavy atom. The molecule has 0 radical (unpaired) electrons. The second-order valence-electron chi connectivity index (χ2n) is 7.43. The van der Waals surface area contributed by atoms with Gasteiger partial charge in [0.05, 0.1) is 31.5 Å². The monoisotopic (exact) mass is 446 g/mol. The van der Waals surface area contributed by atoms with Crippen LogP contribution in [0, 0.1) is 0 Å². The fourth-order valence-corrected chi connectivity index (χ4v) is 3.51. The summed E-state index contributed by atoms with van der Waals surface area (Å²) in [5, 5.41) is 7.44. The Morgan fingerprint density at radius 3 is 2.55 bits per heavy atom. The van der Waals surface area contributed by atoms with Crippen LogP contribution in [0.15, 0.2) is 47.6 Å². The number of nitrogen functional groups attached to an aromatic ring is 1. The fourth-order valence-electron chi connectivity index (χ4n) is 3.51. The number of methoxy groups -OCH3 is 2. The van der Waals surface area contributed by atoms with Crippen molar-refractivity contribution in [2.75, 3.05) is 26.5 Å². The minimum atomic E-state index is -0.296. The highest BCUT2D eigenvalue weighted by molar-refractivity contribution is 6.10. The van der Waals surface area contributed by atoms with Gasteiger partial charge in [0.2, 0.25) is 0 Å². The molecule has 0 atom stereocenters. The maximum absolute atomic E-state index is 13.0. The maximum atomic E-state index is 13.0. The van der Waals surface area contributed by atoms with Gasteiger partial charge in [-0.3, -0.25) is 4.79 Å². The standard InChI is InChI=1S/C24H26N6O3/c1-4-5-12-26-24(31)20-21-23(29-17-9-7-6-8-16(17)28-21)30(22(20)25)27-14-15-10-11-18(32-2)19(13-15)33-3/h6-11,13-14H,4-5,12,25H2,1-3H3,(H,26,31)/b27-14-. The first kappa shape index (κ1) is 22.1. The number of aromatic nitrogens is 3. The molecule has 3 N–H and O–H groups in total. The number of nitrogens with zero attached hydrogens (tertiary/aromatic N) is 4. The van der Waals surface area contributed by atoms with Crippen molar-refractivity contribution in [3.8, 4) is 11.5 Å². The smallest absolute Gasteiger partial charge is 0.257 e. The molecule has 0 bridgehead atoms. The largest absolute Gasteiger partial charge is 0.493 e. The van der Waals surface area contributed by atoms with Crippen LogP contribution < -0.4 is 20.5 Å². The lowest BCUT2D eigenvalue weighted by Gasteiger charge is -2.07. The summed E-state index contributed by atoms with van der Waals surface area (Å²) in [6, 6.07) is 12.9.